The Bertz CT molecular complexity index is 285. The number of halogens is 1. The molecule has 0 bridgehead atoms. The van der Waals surface area contributed by atoms with Crippen LogP contribution in [0.1, 0.15) is 20.7 Å². The zero-order valence-electron chi connectivity index (χ0n) is 6.08. The van der Waals surface area contributed by atoms with E-state index < -0.39 is 11.1 Å². The highest BCUT2D eigenvalue weighted by atomic mass is 35.5. The van der Waals surface area contributed by atoms with Gasteiger partial charge in [0.2, 0.25) is 5.91 Å². The van der Waals surface area contributed by atoms with Gasteiger partial charge in [0, 0.05) is 11.1 Å². The number of rotatable bonds is 2. The molecular weight excluding hydrogens is 178 g/mol. The molecule has 0 saturated carbocycles. The highest BCUT2D eigenvalue weighted by molar-refractivity contribution is 6.67. The first-order valence-electron chi connectivity index (χ1n) is 3.21. The summed E-state index contributed by atoms with van der Waals surface area (Å²) in [7, 11) is 0. The SMILES string of the molecule is NC(=O)c1ccc(C(=O)Cl)cc1. The van der Waals surface area contributed by atoms with Crippen molar-refractivity contribution in [1.82, 2.24) is 0 Å². The van der Waals surface area contributed by atoms with Gasteiger partial charge in [0.15, 0.2) is 0 Å². The monoisotopic (exact) mass is 183 g/mol. The second-order valence-corrected chi connectivity index (χ2v) is 2.56. The first-order valence-corrected chi connectivity index (χ1v) is 3.59. The lowest BCUT2D eigenvalue weighted by Crippen LogP contribution is -2.10. The molecule has 0 spiro atoms. The first kappa shape index (κ1) is 8.74. The number of carbonyl (C=O) groups excluding carboxylic acids is 2. The summed E-state index contributed by atoms with van der Waals surface area (Å²) < 4.78 is 0. The van der Waals surface area contributed by atoms with Crippen LogP contribution in [-0.4, -0.2) is 11.1 Å². The van der Waals surface area contributed by atoms with E-state index in [0.29, 0.717) is 11.1 Å². The van der Waals surface area contributed by atoms with Crippen LogP contribution in [0.2, 0.25) is 0 Å². The molecule has 4 heteroatoms. The summed E-state index contributed by atoms with van der Waals surface area (Å²) in [5.41, 5.74) is 5.69. The normalized spacial score (nSPS) is 9.42. The van der Waals surface area contributed by atoms with E-state index in [1.165, 1.54) is 24.3 Å². The fourth-order valence-electron chi connectivity index (χ4n) is 0.766. The van der Waals surface area contributed by atoms with Gasteiger partial charge in [-0.3, -0.25) is 9.59 Å². The van der Waals surface area contributed by atoms with Gasteiger partial charge in [0.1, 0.15) is 0 Å². The Balaban J connectivity index is 3.01. The summed E-state index contributed by atoms with van der Waals surface area (Å²) in [5, 5.41) is -0.550. The van der Waals surface area contributed by atoms with Crippen molar-refractivity contribution in [3.63, 3.8) is 0 Å². The van der Waals surface area contributed by atoms with E-state index in [4.69, 9.17) is 17.3 Å². The van der Waals surface area contributed by atoms with Gasteiger partial charge in [-0.1, -0.05) is 0 Å². The Hall–Kier alpha value is -1.35. The lowest BCUT2D eigenvalue weighted by Gasteiger charge is -1.95. The van der Waals surface area contributed by atoms with Crippen LogP contribution in [0, 0.1) is 0 Å². The fraction of sp³-hybridized carbons (Fsp3) is 0. The van der Waals surface area contributed by atoms with Crippen LogP contribution in [0.5, 0.6) is 0 Å². The van der Waals surface area contributed by atoms with Gasteiger partial charge in [-0.05, 0) is 35.9 Å². The standard InChI is InChI=1S/C8H6ClNO2/c9-7(11)5-1-3-6(4-2-5)8(10)12/h1-4H,(H2,10,12). The average molecular weight is 184 g/mol. The summed E-state index contributed by atoms with van der Waals surface area (Å²) in [6.45, 7) is 0. The third-order valence-corrected chi connectivity index (χ3v) is 1.61. The summed E-state index contributed by atoms with van der Waals surface area (Å²) in [6.07, 6.45) is 0. The van der Waals surface area contributed by atoms with E-state index in [1.807, 2.05) is 0 Å². The van der Waals surface area contributed by atoms with Crippen molar-refractivity contribution in [3.8, 4) is 0 Å². The van der Waals surface area contributed by atoms with Gasteiger partial charge < -0.3 is 5.73 Å². The Kier molecular flexibility index (Phi) is 2.45. The molecule has 0 aliphatic carbocycles. The van der Waals surface area contributed by atoms with Gasteiger partial charge in [-0.25, -0.2) is 0 Å². The van der Waals surface area contributed by atoms with Crippen molar-refractivity contribution in [2.24, 2.45) is 5.73 Å². The van der Waals surface area contributed by atoms with Gasteiger partial charge >= 0.3 is 0 Å². The molecule has 0 atom stereocenters. The molecule has 0 saturated heterocycles. The van der Waals surface area contributed by atoms with Crippen molar-refractivity contribution in [3.05, 3.63) is 35.4 Å². The van der Waals surface area contributed by atoms with Crippen molar-refractivity contribution in [1.29, 1.82) is 0 Å². The maximum Gasteiger partial charge on any atom is 0.252 e. The Morgan fingerprint density at radius 2 is 1.50 bits per heavy atom. The topological polar surface area (TPSA) is 60.2 Å². The molecular formula is C8H6ClNO2. The van der Waals surface area contributed by atoms with Crippen LogP contribution in [0.3, 0.4) is 0 Å². The van der Waals surface area contributed by atoms with Crippen LogP contribution >= 0.6 is 11.6 Å². The largest absolute Gasteiger partial charge is 0.366 e. The Morgan fingerprint density at radius 3 is 1.83 bits per heavy atom. The molecule has 0 heterocycles. The van der Waals surface area contributed by atoms with Crippen molar-refractivity contribution >= 4 is 22.8 Å². The third kappa shape index (κ3) is 1.83. The van der Waals surface area contributed by atoms with Gasteiger partial charge in [-0.15, -0.1) is 0 Å². The average Bonchev–Trinajstić information content (AvgIpc) is 2.04. The highest BCUT2D eigenvalue weighted by Crippen LogP contribution is 2.06. The van der Waals surface area contributed by atoms with E-state index in [-0.39, 0.29) is 0 Å². The van der Waals surface area contributed by atoms with Crippen LogP contribution in [0.25, 0.3) is 0 Å². The summed E-state index contributed by atoms with van der Waals surface area (Å²) in [5.74, 6) is -0.524. The number of hydrogen-bond acceptors (Lipinski definition) is 2. The van der Waals surface area contributed by atoms with Crippen molar-refractivity contribution < 1.29 is 9.59 Å². The number of benzene rings is 1. The Morgan fingerprint density at radius 1 is 1.08 bits per heavy atom. The maximum atomic E-state index is 10.6. The summed E-state index contributed by atoms with van der Waals surface area (Å²) in [6, 6.07) is 5.82. The van der Waals surface area contributed by atoms with Crippen LogP contribution in [-0.2, 0) is 0 Å². The smallest absolute Gasteiger partial charge is 0.252 e. The number of hydrogen-bond donors (Lipinski definition) is 1. The highest BCUT2D eigenvalue weighted by Gasteiger charge is 2.02. The minimum absolute atomic E-state index is 0.349. The molecule has 0 aliphatic rings. The molecule has 1 amide bonds. The summed E-state index contributed by atoms with van der Waals surface area (Å²) >= 11 is 5.18. The molecule has 1 aromatic carbocycles. The zero-order valence-corrected chi connectivity index (χ0v) is 6.84. The van der Waals surface area contributed by atoms with E-state index in [2.05, 4.69) is 0 Å². The second kappa shape index (κ2) is 3.36. The van der Waals surface area contributed by atoms with E-state index >= 15 is 0 Å². The molecule has 1 rings (SSSR count). The minimum atomic E-state index is -0.550. The third-order valence-electron chi connectivity index (χ3n) is 1.40. The maximum absolute atomic E-state index is 10.6. The molecule has 0 aromatic heterocycles. The van der Waals surface area contributed by atoms with Crippen molar-refractivity contribution in [2.75, 3.05) is 0 Å². The molecule has 2 N–H and O–H groups in total. The molecule has 62 valence electrons. The molecule has 0 fully saturated rings. The van der Waals surface area contributed by atoms with Crippen LogP contribution in [0.15, 0.2) is 24.3 Å². The minimum Gasteiger partial charge on any atom is -0.366 e. The van der Waals surface area contributed by atoms with Crippen LogP contribution in [0.4, 0.5) is 0 Å². The predicted molar refractivity (Wildman–Crippen MR) is 45.1 cm³/mol. The van der Waals surface area contributed by atoms with E-state index in [1.54, 1.807) is 0 Å². The second-order valence-electron chi connectivity index (χ2n) is 2.22. The predicted octanol–water partition coefficient (Wildman–Crippen LogP) is 1.16. The van der Waals surface area contributed by atoms with Crippen molar-refractivity contribution in [2.45, 2.75) is 0 Å². The number of amides is 1. The van der Waals surface area contributed by atoms with E-state index in [9.17, 15) is 9.59 Å². The summed E-state index contributed by atoms with van der Waals surface area (Å²) in [4.78, 5) is 21.2. The quantitative estimate of drug-likeness (QED) is 0.700. The van der Waals surface area contributed by atoms with E-state index in [0.717, 1.165) is 0 Å². The number of carbonyl (C=O) groups is 2. The molecule has 3 nitrogen and oxygen atoms in total. The molecule has 0 unspecified atom stereocenters. The Labute approximate surface area is 74.1 Å². The lowest BCUT2D eigenvalue weighted by molar-refractivity contribution is 0.0998. The van der Waals surface area contributed by atoms with Gasteiger partial charge in [-0.2, -0.15) is 0 Å². The van der Waals surface area contributed by atoms with Crippen LogP contribution < -0.4 is 5.73 Å². The lowest BCUT2D eigenvalue weighted by atomic mass is 10.1. The molecule has 0 aliphatic heterocycles. The zero-order chi connectivity index (χ0) is 9.14. The number of primary amides is 1. The van der Waals surface area contributed by atoms with Gasteiger partial charge in [0.25, 0.3) is 5.24 Å². The molecule has 0 radical (unpaired) electrons. The van der Waals surface area contributed by atoms with Gasteiger partial charge in [0.05, 0.1) is 0 Å². The fourth-order valence-corrected chi connectivity index (χ4v) is 0.892. The molecule has 12 heavy (non-hydrogen) atoms. The first-order chi connectivity index (χ1) is 5.61. The number of nitrogens with two attached hydrogens (primary N) is 1. The molecule has 1 aromatic rings.